The molecule has 0 saturated carbocycles. The van der Waals surface area contributed by atoms with Gasteiger partial charge < -0.3 is 24.8 Å². The van der Waals surface area contributed by atoms with Crippen molar-refractivity contribution in [2.45, 2.75) is 25.4 Å². The van der Waals surface area contributed by atoms with Crippen molar-refractivity contribution in [3.8, 4) is 5.75 Å². The van der Waals surface area contributed by atoms with Crippen LogP contribution in [0.4, 0.5) is 15.9 Å². The lowest BCUT2D eigenvalue weighted by Gasteiger charge is -2.49. The van der Waals surface area contributed by atoms with Crippen molar-refractivity contribution < 1.29 is 9.13 Å². The number of ether oxygens (including phenoxy) is 1. The van der Waals surface area contributed by atoms with Gasteiger partial charge in [-0.3, -0.25) is 5.73 Å². The van der Waals surface area contributed by atoms with E-state index in [9.17, 15) is 4.39 Å². The molecule has 0 fully saturated rings. The number of rotatable bonds is 4. The number of methoxy groups -OCH3 is 1. The van der Waals surface area contributed by atoms with Crippen LogP contribution < -0.4 is 26.0 Å². The summed E-state index contributed by atoms with van der Waals surface area (Å²) in [6.45, 7) is 1.91. The molecule has 9 nitrogen and oxygen atoms in total. The van der Waals surface area contributed by atoms with Crippen LogP contribution in [0.15, 0.2) is 43.1 Å². The third-order valence-electron chi connectivity index (χ3n) is 5.09. The summed E-state index contributed by atoms with van der Waals surface area (Å²) < 4.78 is 20.5. The van der Waals surface area contributed by atoms with Gasteiger partial charge in [0.05, 0.1) is 31.9 Å². The number of benzene rings is 1. The fourth-order valence-corrected chi connectivity index (χ4v) is 3.63. The summed E-state index contributed by atoms with van der Waals surface area (Å²) in [4.78, 5) is 16.5. The lowest BCUT2D eigenvalue weighted by Crippen LogP contribution is -2.61. The number of aromatic nitrogens is 4. The molecule has 2 unspecified atom stereocenters. The Balaban J connectivity index is 1.84. The van der Waals surface area contributed by atoms with Crippen LogP contribution >= 0.6 is 0 Å². The normalized spacial score (nSPS) is 19.8. The Kier molecular flexibility index (Phi) is 4.81. The fraction of sp³-hybridized carbons (Fsp3) is 0.316. The summed E-state index contributed by atoms with van der Waals surface area (Å²) in [6, 6.07) is 5.29. The highest BCUT2D eigenvalue weighted by Gasteiger charge is 2.40. The lowest BCUT2D eigenvalue weighted by atomic mass is 10.0. The first kappa shape index (κ1) is 19.1. The van der Waals surface area contributed by atoms with Gasteiger partial charge >= 0.3 is 0 Å². The standard InChI is InChI=1S/C19H23FN8O/c1-11(18-23-7-12(20)8-24-18)27-15-5-4-13(29-3)6-14(15)17(21)28(19(27)22)16-9-26(2)10-25-16/h4-11,17,19H,21-22H2,1-3H3/t11-,17?,19?/m0/s1. The molecule has 29 heavy (non-hydrogen) atoms. The zero-order chi connectivity index (χ0) is 20.7. The largest absolute Gasteiger partial charge is 0.497 e. The molecule has 0 amide bonds. The van der Waals surface area contributed by atoms with Crippen molar-refractivity contribution >= 4 is 11.5 Å². The third kappa shape index (κ3) is 3.26. The molecule has 3 atom stereocenters. The van der Waals surface area contributed by atoms with E-state index in [2.05, 4.69) is 15.0 Å². The maximum atomic E-state index is 13.3. The molecular weight excluding hydrogens is 375 g/mol. The number of nitrogens with two attached hydrogens (primary N) is 2. The molecule has 1 aliphatic heterocycles. The molecule has 152 valence electrons. The Morgan fingerprint density at radius 3 is 2.52 bits per heavy atom. The van der Waals surface area contributed by atoms with Crippen LogP contribution in [0.3, 0.4) is 0 Å². The zero-order valence-corrected chi connectivity index (χ0v) is 16.4. The number of nitrogens with zero attached hydrogens (tertiary/aromatic N) is 6. The van der Waals surface area contributed by atoms with E-state index in [4.69, 9.17) is 16.2 Å². The van der Waals surface area contributed by atoms with Gasteiger partial charge in [0.25, 0.3) is 0 Å². The van der Waals surface area contributed by atoms with Crippen LogP contribution in [-0.4, -0.2) is 32.9 Å². The van der Waals surface area contributed by atoms with Gasteiger partial charge in [-0.05, 0) is 25.1 Å². The van der Waals surface area contributed by atoms with E-state index in [0.717, 1.165) is 23.6 Å². The molecule has 4 N–H and O–H groups in total. The topological polar surface area (TPSA) is 111 Å². The summed E-state index contributed by atoms with van der Waals surface area (Å²) in [5, 5.41) is 0. The highest BCUT2D eigenvalue weighted by Crippen LogP contribution is 2.42. The predicted molar refractivity (Wildman–Crippen MR) is 106 cm³/mol. The van der Waals surface area contributed by atoms with Crippen molar-refractivity contribution in [3.05, 3.63) is 60.3 Å². The van der Waals surface area contributed by atoms with Crippen molar-refractivity contribution in [1.82, 2.24) is 19.5 Å². The van der Waals surface area contributed by atoms with Crippen molar-refractivity contribution in [2.24, 2.45) is 18.5 Å². The van der Waals surface area contributed by atoms with E-state index >= 15 is 0 Å². The van der Waals surface area contributed by atoms with Gasteiger partial charge in [0.15, 0.2) is 23.7 Å². The first-order chi connectivity index (χ1) is 13.9. The van der Waals surface area contributed by atoms with E-state index in [0.29, 0.717) is 17.4 Å². The highest BCUT2D eigenvalue weighted by atomic mass is 19.1. The minimum atomic E-state index is -0.649. The molecule has 0 saturated heterocycles. The summed E-state index contributed by atoms with van der Waals surface area (Å²) in [5.41, 5.74) is 14.9. The average molecular weight is 398 g/mol. The van der Waals surface area contributed by atoms with Crippen LogP contribution in [-0.2, 0) is 7.05 Å². The summed E-state index contributed by atoms with van der Waals surface area (Å²) in [5.74, 6) is 1.27. The molecule has 1 aliphatic rings. The molecule has 10 heteroatoms. The fourth-order valence-electron chi connectivity index (χ4n) is 3.63. The minimum Gasteiger partial charge on any atom is -0.497 e. The number of hydrogen-bond acceptors (Lipinski definition) is 8. The zero-order valence-electron chi connectivity index (χ0n) is 16.4. The number of fused-ring (bicyclic) bond motifs is 1. The van der Waals surface area contributed by atoms with Crippen molar-refractivity contribution in [3.63, 3.8) is 0 Å². The molecule has 3 heterocycles. The SMILES string of the molecule is COc1ccc2c(c1)C(N)N(c1cn(C)cn1)C(N)N2[C@@H](C)c1ncc(F)cn1. The van der Waals surface area contributed by atoms with Gasteiger partial charge in [0, 0.05) is 24.5 Å². The maximum absolute atomic E-state index is 13.3. The Hall–Kier alpha value is -3.24. The Morgan fingerprint density at radius 1 is 1.17 bits per heavy atom. The van der Waals surface area contributed by atoms with Gasteiger partial charge in [0.1, 0.15) is 11.9 Å². The molecule has 3 aromatic rings. The second-order valence-corrected chi connectivity index (χ2v) is 6.93. The first-order valence-electron chi connectivity index (χ1n) is 9.12. The smallest absolute Gasteiger partial charge is 0.159 e. The van der Waals surface area contributed by atoms with Crippen molar-refractivity contribution in [2.75, 3.05) is 16.9 Å². The molecule has 0 spiro atoms. The van der Waals surface area contributed by atoms with Gasteiger partial charge in [-0.15, -0.1) is 0 Å². The average Bonchev–Trinajstić information content (AvgIpc) is 3.14. The molecule has 1 aromatic carbocycles. The highest BCUT2D eigenvalue weighted by molar-refractivity contribution is 5.65. The Labute approximate surface area is 167 Å². The van der Waals surface area contributed by atoms with Crippen LogP contribution in [0.2, 0.25) is 0 Å². The van der Waals surface area contributed by atoms with Crippen LogP contribution in [0.25, 0.3) is 0 Å². The summed E-state index contributed by atoms with van der Waals surface area (Å²) in [7, 11) is 3.48. The third-order valence-corrected chi connectivity index (χ3v) is 5.09. The van der Waals surface area contributed by atoms with Gasteiger partial charge in [-0.25, -0.2) is 19.3 Å². The van der Waals surface area contributed by atoms with Gasteiger partial charge in [0.2, 0.25) is 0 Å². The van der Waals surface area contributed by atoms with E-state index in [1.165, 1.54) is 0 Å². The Morgan fingerprint density at radius 2 is 1.90 bits per heavy atom. The van der Waals surface area contributed by atoms with Crippen LogP contribution in [0.5, 0.6) is 5.75 Å². The number of aryl methyl sites for hydroxylation is 1. The second-order valence-electron chi connectivity index (χ2n) is 6.93. The molecule has 0 radical (unpaired) electrons. The maximum Gasteiger partial charge on any atom is 0.159 e. The van der Waals surface area contributed by atoms with E-state index < -0.39 is 18.3 Å². The predicted octanol–water partition coefficient (Wildman–Crippen LogP) is 1.65. The quantitative estimate of drug-likeness (QED) is 0.682. The molecule has 0 aliphatic carbocycles. The molecule has 0 bridgehead atoms. The van der Waals surface area contributed by atoms with Gasteiger partial charge in [-0.2, -0.15) is 0 Å². The minimum absolute atomic E-state index is 0.351. The summed E-state index contributed by atoms with van der Waals surface area (Å²) in [6.07, 6.45) is 4.64. The van der Waals surface area contributed by atoms with Crippen LogP contribution in [0.1, 0.15) is 30.5 Å². The van der Waals surface area contributed by atoms with Crippen LogP contribution in [0, 0.1) is 5.82 Å². The van der Waals surface area contributed by atoms with E-state index in [-0.39, 0.29) is 6.04 Å². The summed E-state index contributed by atoms with van der Waals surface area (Å²) >= 11 is 0. The number of anilines is 2. The monoisotopic (exact) mass is 398 g/mol. The van der Waals surface area contributed by atoms with E-state index in [1.54, 1.807) is 13.4 Å². The van der Waals surface area contributed by atoms with Crippen molar-refractivity contribution in [1.29, 1.82) is 0 Å². The van der Waals surface area contributed by atoms with Gasteiger partial charge in [-0.1, -0.05) is 0 Å². The number of imidazole rings is 1. The Bertz CT molecular complexity index is 1010. The molecular formula is C19H23FN8O. The first-order valence-corrected chi connectivity index (χ1v) is 9.12. The second kappa shape index (κ2) is 7.30. The number of halogens is 1. The molecule has 2 aromatic heterocycles. The van der Waals surface area contributed by atoms with E-state index in [1.807, 2.05) is 52.7 Å². The number of hydrogen-bond donors (Lipinski definition) is 2. The molecule has 4 rings (SSSR count). The lowest BCUT2D eigenvalue weighted by molar-refractivity contribution is 0.408.